The van der Waals surface area contributed by atoms with Crippen LogP contribution in [0.15, 0.2) is 18.7 Å². The maximum Gasteiger partial charge on any atom is 0.0320 e. The van der Waals surface area contributed by atoms with E-state index >= 15 is 0 Å². The largest absolute Gasteiger partial charge is 0.399 e. The van der Waals surface area contributed by atoms with Gasteiger partial charge in [0.15, 0.2) is 0 Å². The van der Waals surface area contributed by atoms with Gasteiger partial charge >= 0.3 is 0 Å². The van der Waals surface area contributed by atoms with Crippen molar-refractivity contribution < 1.29 is 0 Å². The van der Waals surface area contributed by atoms with Gasteiger partial charge in [0, 0.05) is 17.8 Å². The van der Waals surface area contributed by atoms with E-state index in [9.17, 15) is 0 Å². The van der Waals surface area contributed by atoms with E-state index in [0.717, 1.165) is 11.1 Å². The predicted molar refractivity (Wildman–Crippen MR) is 87.7 cm³/mol. The average molecular weight is 260 g/mol. The summed E-state index contributed by atoms with van der Waals surface area (Å²) < 4.78 is 0. The minimum atomic E-state index is 0.555. The standard InChI is InChI=1S/C14H20N2.C3H8/c1-5-6-12-10(3)14(8-15)9(2)7-13(12)11(4)16;1-3-2/h5-7H,4,8,15-16H2,1-3H3;3H2,1-2H3/b6-5-;. The minimum Gasteiger partial charge on any atom is -0.399 e. The first-order valence-corrected chi connectivity index (χ1v) is 6.84. The van der Waals surface area contributed by atoms with Crippen LogP contribution in [0.5, 0.6) is 0 Å². The predicted octanol–water partition coefficient (Wildman–Crippen LogP) is 4.14. The van der Waals surface area contributed by atoms with Gasteiger partial charge < -0.3 is 11.5 Å². The Bertz CT molecular complexity index is 457. The van der Waals surface area contributed by atoms with Crippen molar-refractivity contribution in [1.29, 1.82) is 0 Å². The molecule has 19 heavy (non-hydrogen) atoms. The van der Waals surface area contributed by atoms with Crippen LogP contribution < -0.4 is 11.5 Å². The third kappa shape index (κ3) is 4.56. The fraction of sp³-hybridized carbons (Fsp3) is 0.412. The molecule has 0 aromatic heterocycles. The molecule has 0 unspecified atom stereocenters. The molecule has 1 rings (SSSR count). The molecule has 4 N–H and O–H groups in total. The second kappa shape index (κ2) is 8.54. The van der Waals surface area contributed by atoms with Gasteiger partial charge in [0.25, 0.3) is 0 Å². The van der Waals surface area contributed by atoms with E-state index in [2.05, 4.69) is 46.4 Å². The van der Waals surface area contributed by atoms with Crippen LogP contribution in [0.4, 0.5) is 0 Å². The summed E-state index contributed by atoms with van der Waals surface area (Å²) in [5.74, 6) is 0. The van der Waals surface area contributed by atoms with Crippen molar-refractivity contribution >= 4 is 11.8 Å². The van der Waals surface area contributed by atoms with E-state index in [4.69, 9.17) is 11.5 Å². The zero-order valence-electron chi connectivity index (χ0n) is 13.0. The van der Waals surface area contributed by atoms with Crippen LogP contribution in [0.1, 0.15) is 55.0 Å². The third-order valence-electron chi connectivity index (χ3n) is 2.87. The molecule has 0 radical (unpaired) electrons. The molecule has 0 fully saturated rings. The monoisotopic (exact) mass is 260 g/mol. The molecule has 106 valence electrons. The van der Waals surface area contributed by atoms with E-state index in [1.54, 1.807) is 0 Å². The molecule has 0 aliphatic carbocycles. The summed E-state index contributed by atoms with van der Waals surface area (Å²) in [6, 6.07) is 2.06. The number of rotatable bonds is 3. The highest BCUT2D eigenvalue weighted by atomic mass is 14.6. The van der Waals surface area contributed by atoms with Crippen LogP contribution in [0.25, 0.3) is 11.8 Å². The molecule has 0 aliphatic rings. The number of hydrogen-bond donors (Lipinski definition) is 2. The molecule has 0 bridgehead atoms. The molecule has 0 atom stereocenters. The second-order valence-corrected chi connectivity index (χ2v) is 4.69. The molecule has 1 aromatic carbocycles. The van der Waals surface area contributed by atoms with Gasteiger partial charge in [-0.15, -0.1) is 0 Å². The van der Waals surface area contributed by atoms with Crippen molar-refractivity contribution in [3.8, 4) is 0 Å². The Balaban J connectivity index is 0.000000982. The Morgan fingerprint density at radius 1 is 1.32 bits per heavy atom. The summed E-state index contributed by atoms with van der Waals surface area (Å²) in [5, 5.41) is 0. The fourth-order valence-corrected chi connectivity index (χ4v) is 2.00. The molecule has 2 heteroatoms. The molecular weight excluding hydrogens is 232 g/mol. The van der Waals surface area contributed by atoms with Gasteiger partial charge in [-0.2, -0.15) is 0 Å². The first-order chi connectivity index (χ1) is 8.94. The number of nitrogens with two attached hydrogens (primary N) is 2. The molecule has 0 saturated heterocycles. The van der Waals surface area contributed by atoms with Crippen molar-refractivity contribution in [1.82, 2.24) is 0 Å². The smallest absolute Gasteiger partial charge is 0.0320 e. The van der Waals surface area contributed by atoms with Crippen molar-refractivity contribution in [3.63, 3.8) is 0 Å². The average Bonchev–Trinajstić information content (AvgIpc) is 2.34. The highest BCUT2D eigenvalue weighted by molar-refractivity contribution is 5.74. The Morgan fingerprint density at radius 3 is 2.21 bits per heavy atom. The number of benzene rings is 1. The quantitative estimate of drug-likeness (QED) is 0.858. The lowest BCUT2D eigenvalue weighted by molar-refractivity contribution is 1.02. The van der Waals surface area contributed by atoms with E-state index in [1.807, 2.05) is 13.0 Å². The normalized spacial score (nSPS) is 10.2. The fourth-order valence-electron chi connectivity index (χ4n) is 2.00. The zero-order valence-corrected chi connectivity index (χ0v) is 13.0. The molecule has 2 nitrogen and oxygen atoms in total. The maximum atomic E-state index is 5.81. The van der Waals surface area contributed by atoms with Crippen molar-refractivity contribution in [2.45, 2.75) is 47.6 Å². The van der Waals surface area contributed by atoms with Gasteiger partial charge in [-0.3, -0.25) is 0 Å². The topological polar surface area (TPSA) is 52.0 Å². The lowest BCUT2D eigenvalue weighted by Crippen LogP contribution is -2.07. The van der Waals surface area contributed by atoms with Gasteiger partial charge in [-0.05, 0) is 49.1 Å². The van der Waals surface area contributed by atoms with Crippen LogP contribution in [0.2, 0.25) is 0 Å². The van der Waals surface area contributed by atoms with Crippen LogP contribution >= 0.6 is 0 Å². The highest BCUT2D eigenvalue weighted by Crippen LogP contribution is 2.26. The lowest BCUT2D eigenvalue weighted by Gasteiger charge is -2.16. The first-order valence-electron chi connectivity index (χ1n) is 6.84. The van der Waals surface area contributed by atoms with E-state index in [0.29, 0.717) is 12.2 Å². The van der Waals surface area contributed by atoms with Crippen molar-refractivity contribution in [3.05, 3.63) is 46.5 Å². The van der Waals surface area contributed by atoms with Crippen LogP contribution in [0, 0.1) is 13.8 Å². The minimum absolute atomic E-state index is 0.555. The summed E-state index contributed by atoms with van der Waals surface area (Å²) in [5.41, 5.74) is 17.9. The van der Waals surface area contributed by atoms with Crippen molar-refractivity contribution in [2.24, 2.45) is 11.5 Å². The van der Waals surface area contributed by atoms with E-state index < -0.39 is 0 Å². The van der Waals surface area contributed by atoms with Gasteiger partial charge in [-0.1, -0.05) is 39.0 Å². The summed E-state index contributed by atoms with van der Waals surface area (Å²) in [4.78, 5) is 0. The molecular formula is C17H28N2. The van der Waals surface area contributed by atoms with Crippen LogP contribution in [0.3, 0.4) is 0 Å². The molecule has 0 spiro atoms. The van der Waals surface area contributed by atoms with Crippen molar-refractivity contribution in [2.75, 3.05) is 0 Å². The molecule has 0 heterocycles. The highest BCUT2D eigenvalue weighted by Gasteiger charge is 2.10. The van der Waals surface area contributed by atoms with E-state index in [-0.39, 0.29) is 0 Å². The molecule has 1 aromatic rings. The number of allylic oxidation sites excluding steroid dienone is 1. The van der Waals surface area contributed by atoms with Crippen LogP contribution in [-0.2, 0) is 6.54 Å². The summed E-state index contributed by atoms with van der Waals surface area (Å²) >= 11 is 0. The Kier molecular flexibility index (Phi) is 7.85. The summed E-state index contributed by atoms with van der Waals surface area (Å²) in [6.07, 6.45) is 5.31. The molecule has 0 amide bonds. The Hall–Kier alpha value is -1.54. The third-order valence-corrected chi connectivity index (χ3v) is 2.87. The van der Waals surface area contributed by atoms with Gasteiger partial charge in [-0.25, -0.2) is 0 Å². The van der Waals surface area contributed by atoms with E-state index in [1.165, 1.54) is 23.1 Å². The molecule has 0 saturated carbocycles. The van der Waals surface area contributed by atoms with Crippen LogP contribution in [-0.4, -0.2) is 0 Å². The summed E-state index contributed by atoms with van der Waals surface area (Å²) in [6.45, 7) is 14.8. The van der Waals surface area contributed by atoms with Gasteiger partial charge in [0.1, 0.15) is 0 Å². The lowest BCUT2D eigenvalue weighted by atomic mass is 9.91. The Labute approximate surface area is 118 Å². The van der Waals surface area contributed by atoms with Gasteiger partial charge in [0.05, 0.1) is 0 Å². The molecule has 0 aliphatic heterocycles. The first kappa shape index (κ1) is 17.5. The van der Waals surface area contributed by atoms with Gasteiger partial charge in [0.2, 0.25) is 0 Å². The summed E-state index contributed by atoms with van der Waals surface area (Å²) in [7, 11) is 0. The second-order valence-electron chi connectivity index (χ2n) is 4.69. The zero-order chi connectivity index (χ0) is 15.0. The Morgan fingerprint density at radius 2 is 1.84 bits per heavy atom. The maximum absolute atomic E-state index is 5.81. The number of hydrogen-bond acceptors (Lipinski definition) is 2. The SMILES string of the molecule is C=C(N)c1cc(C)c(CN)c(C)c1/C=C\C.CCC. The number of aryl methyl sites for hydroxylation is 1.